The Bertz CT molecular complexity index is 1060. The lowest BCUT2D eigenvalue weighted by Gasteiger charge is -2.36. The second-order valence-corrected chi connectivity index (χ2v) is 8.88. The fourth-order valence-electron chi connectivity index (χ4n) is 4.56. The second kappa shape index (κ2) is 11.2. The topological polar surface area (TPSA) is 121 Å². The van der Waals surface area contributed by atoms with Crippen molar-refractivity contribution in [3.05, 3.63) is 30.0 Å². The molecule has 2 heterocycles. The van der Waals surface area contributed by atoms with Crippen LogP contribution in [-0.2, 0) is 14.4 Å². The Hall–Kier alpha value is -3.36. The normalized spacial score (nSPS) is 16.7. The molecule has 2 atom stereocenters. The van der Waals surface area contributed by atoms with Gasteiger partial charge in [-0.25, -0.2) is 0 Å². The molecule has 1 aliphatic heterocycles. The van der Waals surface area contributed by atoms with Gasteiger partial charge in [-0.2, -0.15) is 0 Å². The number of methoxy groups -OCH3 is 1. The van der Waals surface area contributed by atoms with E-state index in [1.165, 1.54) is 4.90 Å². The predicted molar refractivity (Wildman–Crippen MR) is 129 cm³/mol. The number of carbonyl (C=O) groups is 4. The van der Waals surface area contributed by atoms with E-state index in [1.54, 1.807) is 26.2 Å². The molecule has 2 aromatic rings. The number of nitrogens with zero attached hydrogens (tertiary/aromatic N) is 1. The van der Waals surface area contributed by atoms with Gasteiger partial charge < -0.3 is 25.3 Å². The van der Waals surface area contributed by atoms with E-state index in [0.29, 0.717) is 24.4 Å². The number of ether oxygens (including phenoxy) is 1. The van der Waals surface area contributed by atoms with Gasteiger partial charge in [-0.15, -0.1) is 0 Å². The molecule has 9 heteroatoms. The number of fused-ring (bicyclic) bond motifs is 1. The van der Waals surface area contributed by atoms with Crippen molar-refractivity contribution >= 4 is 34.4 Å². The fourth-order valence-corrected chi connectivity index (χ4v) is 4.56. The Kier molecular flexibility index (Phi) is 8.31. The summed E-state index contributed by atoms with van der Waals surface area (Å²) in [7, 11) is 1.56. The average Bonchev–Trinajstić information content (AvgIpc) is 3.27. The number of aromatic amines is 1. The van der Waals surface area contributed by atoms with Crippen LogP contribution in [0.5, 0.6) is 5.75 Å². The number of hydrogen-bond acceptors (Lipinski definition) is 5. The van der Waals surface area contributed by atoms with Gasteiger partial charge in [-0.3, -0.25) is 19.2 Å². The highest BCUT2D eigenvalue weighted by Gasteiger charge is 2.35. The van der Waals surface area contributed by atoms with Crippen LogP contribution in [0, 0.1) is 5.92 Å². The minimum atomic E-state index is -0.708. The summed E-state index contributed by atoms with van der Waals surface area (Å²) in [6, 6.07) is 6.16. The Morgan fingerprint density at radius 1 is 1.26 bits per heavy atom. The second-order valence-electron chi connectivity index (χ2n) is 8.88. The first-order valence-corrected chi connectivity index (χ1v) is 11.8. The highest BCUT2D eigenvalue weighted by atomic mass is 16.5. The number of hydrogen-bond donors (Lipinski definition) is 3. The summed E-state index contributed by atoms with van der Waals surface area (Å²) in [4.78, 5) is 55.7. The van der Waals surface area contributed by atoms with Gasteiger partial charge in [0.2, 0.25) is 11.8 Å². The van der Waals surface area contributed by atoms with Crippen molar-refractivity contribution in [2.45, 2.75) is 58.5 Å². The van der Waals surface area contributed by atoms with Crippen LogP contribution in [0.1, 0.15) is 56.9 Å². The van der Waals surface area contributed by atoms with Gasteiger partial charge in [0.25, 0.3) is 5.91 Å². The summed E-state index contributed by atoms with van der Waals surface area (Å²) in [5.41, 5.74) is 1.06. The largest absolute Gasteiger partial charge is 0.496 e. The maximum Gasteiger partial charge on any atom is 0.268 e. The van der Waals surface area contributed by atoms with E-state index < -0.39 is 11.9 Å². The van der Waals surface area contributed by atoms with E-state index in [4.69, 9.17) is 4.74 Å². The van der Waals surface area contributed by atoms with Gasteiger partial charge in [0.1, 0.15) is 11.4 Å². The van der Waals surface area contributed by atoms with Gasteiger partial charge in [-0.1, -0.05) is 13.0 Å². The summed E-state index contributed by atoms with van der Waals surface area (Å²) in [5, 5.41) is 6.28. The number of H-pyrrole nitrogens is 1. The zero-order valence-corrected chi connectivity index (χ0v) is 20.3. The van der Waals surface area contributed by atoms with E-state index in [0.717, 1.165) is 17.3 Å². The minimum absolute atomic E-state index is 0.0705. The number of ketones is 1. The quantitative estimate of drug-likeness (QED) is 0.492. The number of piperidine rings is 1. The molecular formula is C25H34N4O5. The Labute approximate surface area is 199 Å². The number of benzene rings is 1. The zero-order chi connectivity index (χ0) is 24.8. The molecule has 1 aromatic carbocycles. The Morgan fingerprint density at radius 3 is 2.68 bits per heavy atom. The first-order chi connectivity index (χ1) is 16.3. The molecule has 3 N–H and O–H groups in total. The van der Waals surface area contributed by atoms with Crippen molar-refractivity contribution < 1.29 is 23.9 Å². The first kappa shape index (κ1) is 25.3. The summed E-state index contributed by atoms with van der Waals surface area (Å²) in [6.07, 6.45) is 2.10. The van der Waals surface area contributed by atoms with Crippen LogP contribution in [0.25, 0.3) is 10.9 Å². The molecule has 0 radical (unpaired) electrons. The summed E-state index contributed by atoms with van der Waals surface area (Å²) in [5.74, 6) is -0.615. The van der Waals surface area contributed by atoms with Crippen LogP contribution in [0.4, 0.5) is 0 Å². The maximum atomic E-state index is 13.2. The van der Waals surface area contributed by atoms with Crippen molar-refractivity contribution in [1.82, 2.24) is 20.5 Å². The molecule has 1 saturated heterocycles. The molecule has 0 aliphatic carbocycles. The van der Waals surface area contributed by atoms with Crippen molar-refractivity contribution in [3.8, 4) is 5.75 Å². The molecule has 184 valence electrons. The highest BCUT2D eigenvalue weighted by molar-refractivity contribution is 6.01. The predicted octanol–water partition coefficient (Wildman–Crippen LogP) is 2.41. The lowest BCUT2D eigenvalue weighted by atomic mass is 9.88. The first-order valence-electron chi connectivity index (χ1n) is 11.8. The molecule has 1 aliphatic rings. The van der Waals surface area contributed by atoms with E-state index in [9.17, 15) is 19.2 Å². The van der Waals surface area contributed by atoms with Crippen molar-refractivity contribution in [2.75, 3.05) is 20.2 Å². The van der Waals surface area contributed by atoms with Crippen LogP contribution in [-0.4, -0.2) is 65.7 Å². The number of rotatable bonds is 10. The van der Waals surface area contributed by atoms with Crippen LogP contribution in [0.3, 0.4) is 0 Å². The van der Waals surface area contributed by atoms with Crippen LogP contribution in [0.15, 0.2) is 24.3 Å². The van der Waals surface area contributed by atoms with Crippen LogP contribution < -0.4 is 15.4 Å². The standard InChI is InChI=1S/C25H34N4O5/c1-5-21(30)20(12-16-8-7-11-26-24(16)32)29(15(2)3)23(31)14-27-25(33)19-13-17-18(28-19)9-6-10-22(17)34-4/h6,9-10,13,15-16,20,28H,5,7-8,11-12,14H2,1-4H3,(H,26,32)(H,27,33)/t16-,20-/m0/s1. The van der Waals surface area contributed by atoms with Crippen LogP contribution in [0.2, 0.25) is 0 Å². The lowest BCUT2D eigenvalue weighted by Crippen LogP contribution is -2.53. The third kappa shape index (κ3) is 5.58. The average molecular weight is 471 g/mol. The molecule has 1 fully saturated rings. The third-order valence-electron chi connectivity index (χ3n) is 6.30. The molecule has 0 unspecified atom stereocenters. The van der Waals surface area contributed by atoms with E-state index in [-0.39, 0.29) is 48.9 Å². The van der Waals surface area contributed by atoms with Crippen molar-refractivity contribution in [1.29, 1.82) is 0 Å². The SMILES string of the molecule is CCC(=O)[C@H](C[C@@H]1CCCNC1=O)N(C(=O)CNC(=O)c1cc2c(OC)cccc2[nH]1)C(C)C. The maximum absolute atomic E-state index is 13.2. The van der Waals surface area contributed by atoms with Gasteiger partial charge in [-0.05, 0) is 51.3 Å². The van der Waals surface area contributed by atoms with Gasteiger partial charge in [0, 0.05) is 35.8 Å². The van der Waals surface area contributed by atoms with E-state index in [1.807, 2.05) is 26.0 Å². The molecule has 9 nitrogen and oxygen atoms in total. The van der Waals surface area contributed by atoms with E-state index in [2.05, 4.69) is 15.6 Å². The van der Waals surface area contributed by atoms with Crippen molar-refractivity contribution in [2.24, 2.45) is 5.92 Å². The number of carbonyl (C=O) groups excluding carboxylic acids is 4. The molecule has 0 saturated carbocycles. The number of nitrogens with one attached hydrogen (secondary N) is 3. The summed E-state index contributed by atoms with van der Waals surface area (Å²) in [6.45, 7) is 5.81. The van der Waals surface area contributed by atoms with Gasteiger partial charge >= 0.3 is 0 Å². The zero-order valence-electron chi connectivity index (χ0n) is 20.3. The molecule has 1 aromatic heterocycles. The highest BCUT2D eigenvalue weighted by Crippen LogP contribution is 2.26. The number of amides is 3. The molecule has 0 bridgehead atoms. The molecular weight excluding hydrogens is 436 g/mol. The fraction of sp³-hybridized carbons (Fsp3) is 0.520. The molecule has 0 spiro atoms. The smallest absolute Gasteiger partial charge is 0.268 e. The van der Waals surface area contributed by atoms with Gasteiger partial charge in [0.05, 0.1) is 19.7 Å². The lowest BCUT2D eigenvalue weighted by molar-refractivity contribution is -0.142. The summed E-state index contributed by atoms with van der Waals surface area (Å²) >= 11 is 0. The number of Topliss-reactive ketones (excluding diaryl/α,β-unsaturated/α-hetero) is 1. The van der Waals surface area contributed by atoms with E-state index >= 15 is 0 Å². The third-order valence-corrected chi connectivity index (χ3v) is 6.30. The molecule has 34 heavy (non-hydrogen) atoms. The van der Waals surface area contributed by atoms with Gasteiger partial charge in [0.15, 0.2) is 5.78 Å². The number of aromatic nitrogens is 1. The molecule has 3 amide bonds. The monoisotopic (exact) mass is 470 g/mol. The molecule has 3 rings (SSSR count). The minimum Gasteiger partial charge on any atom is -0.496 e. The Morgan fingerprint density at radius 2 is 2.03 bits per heavy atom. The summed E-state index contributed by atoms with van der Waals surface area (Å²) < 4.78 is 5.33. The van der Waals surface area contributed by atoms with Crippen molar-refractivity contribution in [3.63, 3.8) is 0 Å². The Balaban J connectivity index is 1.73. The van der Waals surface area contributed by atoms with Crippen LogP contribution >= 0.6 is 0 Å².